The van der Waals surface area contributed by atoms with Gasteiger partial charge in [-0.3, -0.25) is 9.59 Å². The number of fused-ring (bicyclic) bond motifs is 1. The number of benzene rings is 2. The lowest BCUT2D eigenvalue weighted by molar-refractivity contribution is -0.122. The average molecular weight is 349 g/mol. The van der Waals surface area contributed by atoms with Crippen LogP contribution in [0.4, 0.5) is 17.1 Å². The summed E-state index contributed by atoms with van der Waals surface area (Å²) in [5.41, 5.74) is 4.34. The highest BCUT2D eigenvalue weighted by Gasteiger charge is 2.34. The predicted octanol–water partition coefficient (Wildman–Crippen LogP) is 3.73. The molecule has 0 radical (unpaired) electrons. The van der Waals surface area contributed by atoms with Crippen LogP contribution in [0.1, 0.15) is 18.9 Å². The van der Waals surface area contributed by atoms with Crippen LogP contribution in [0.5, 0.6) is 0 Å². The van der Waals surface area contributed by atoms with Crippen molar-refractivity contribution in [1.82, 2.24) is 0 Å². The summed E-state index contributed by atoms with van der Waals surface area (Å²) in [4.78, 5) is 27.2. The number of carbonyl (C=O) groups is 2. The third-order valence-electron chi connectivity index (χ3n) is 4.39. The van der Waals surface area contributed by atoms with E-state index in [0.717, 1.165) is 28.2 Å². The van der Waals surface area contributed by atoms with Crippen molar-refractivity contribution in [2.75, 3.05) is 22.1 Å². The van der Waals surface area contributed by atoms with Crippen LogP contribution in [0.15, 0.2) is 60.7 Å². The molecule has 0 saturated carbocycles. The van der Waals surface area contributed by atoms with E-state index in [-0.39, 0.29) is 18.2 Å². The molecule has 134 valence electrons. The molecule has 0 saturated heterocycles. The zero-order valence-corrected chi connectivity index (χ0v) is 15.1. The van der Waals surface area contributed by atoms with Crippen LogP contribution in [0.2, 0.25) is 0 Å². The van der Waals surface area contributed by atoms with Crippen LogP contribution in [-0.2, 0) is 9.59 Å². The third-order valence-corrected chi connectivity index (χ3v) is 4.39. The van der Waals surface area contributed by atoms with Crippen LogP contribution in [0.3, 0.4) is 0 Å². The molecule has 2 amide bonds. The molecular formula is C21H23N3O2. The smallest absolute Gasteiger partial charge is 0.247 e. The Morgan fingerprint density at radius 2 is 1.88 bits per heavy atom. The molecule has 26 heavy (non-hydrogen) atoms. The van der Waals surface area contributed by atoms with E-state index in [1.807, 2.05) is 67.3 Å². The van der Waals surface area contributed by atoms with E-state index in [4.69, 9.17) is 0 Å². The molecule has 1 atom stereocenters. The normalized spacial score (nSPS) is 15.8. The molecule has 1 aliphatic rings. The largest absolute Gasteiger partial charge is 0.353 e. The van der Waals surface area contributed by atoms with E-state index in [0.29, 0.717) is 6.54 Å². The van der Waals surface area contributed by atoms with Gasteiger partial charge in [0.15, 0.2) is 0 Å². The Balaban J connectivity index is 1.82. The van der Waals surface area contributed by atoms with Crippen molar-refractivity contribution in [2.24, 2.45) is 0 Å². The summed E-state index contributed by atoms with van der Waals surface area (Å²) in [7, 11) is 0. The molecule has 2 aromatic rings. The van der Waals surface area contributed by atoms with Crippen molar-refractivity contribution >= 4 is 28.9 Å². The van der Waals surface area contributed by atoms with Gasteiger partial charge in [0.1, 0.15) is 6.04 Å². The van der Waals surface area contributed by atoms with Crippen molar-refractivity contribution in [3.8, 4) is 0 Å². The number of para-hydroxylation sites is 3. The maximum absolute atomic E-state index is 12.6. The molecule has 0 bridgehead atoms. The molecule has 1 aliphatic heterocycles. The minimum Gasteiger partial charge on any atom is -0.353 e. The van der Waals surface area contributed by atoms with Crippen LogP contribution in [0.25, 0.3) is 0 Å². The average Bonchev–Trinajstić information content (AvgIpc) is 2.59. The molecule has 0 fully saturated rings. The molecule has 1 heterocycles. The predicted molar refractivity (Wildman–Crippen MR) is 105 cm³/mol. The molecular weight excluding hydrogens is 326 g/mol. The van der Waals surface area contributed by atoms with Gasteiger partial charge in [-0.25, -0.2) is 0 Å². The lowest BCUT2D eigenvalue weighted by Gasteiger charge is -2.38. The van der Waals surface area contributed by atoms with E-state index in [1.54, 1.807) is 0 Å². The van der Waals surface area contributed by atoms with Crippen molar-refractivity contribution in [1.29, 1.82) is 0 Å². The number of amides is 2. The lowest BCUT2D eigenvalue weighted by atomic mass is 10.0. The first-order valence-corrected chi connectivity index (χ1v) is 8.62. The van der Waals surface area contributed by atoms with Gasteiger partial charge < -0.3 is 15.5 Å². The first kappa shape index (κ1) is 17.7. The van der Waals surface area contributed by atoms with E-state index in [1.165, 1.54) is 0 Å². The maximum Gasteiger partial charge on any atom is 0.247 e. The second kappa shape index (κ2) is 7.44. The van der Waals surface area contributed by atoms with Crippen LogP contribution < -0.4 is 15.5 Å². The standard InChI is InChI=1S/C21H23N3O2/c1-14(2)13-24-18-11-7-6-10-17(18)23-21(26)19(24)12-20(25)22-16-9-5-4-8-15(16)3/h4-11,19H,1,12-13H2,2-3H3,(H,22,25)(H,23,26). The van der Waals surface area contributed by atoms with Gasteiger partial charge in [0.05, 0.1) is 17.8 Å². The summed E-state index contributed by atoms with van der Waals surface area (Å²) < 4.78 is 0. The highest BCUT2D eigenvalue weighted by atomic mass is 16.2. The zero-order valence-electron chi connectivity index (χ0n) is 15.1. The van der Waals surface area contributed by atoms with Crippen molar-refractivity contribution in [3.63, 3.8) is 0 Å². The first-order valence-electron chi connectivity index (χ1n) is 8.62. The highest BCUT2D eigenvalue weighted by molar-refractivity contribution is 6.06. The van der Waals surface area contributed by atoms with Gasteiger partial charge in [0.2, 0.25) is 11.8 Å². The lowest BCUT2D eigenvalue weighted by Crippen LogP contribution is -2.50. The minimum absolute atomic E-state index is 0.0712. The fourth-order valence-corrected chi connectivity index (χ4v) is 3.13. The fraction of sp³-hybridized carbons (Fsp3) is 0.238. The fourth-order valence-electron chi connectivity index (χ4n) is 3.13. The quantitative estimate of drug-likeness (QED) is 0.809. The van der Waals surface area contributed by atoms with E-state index in [9.17, 15) is 9.59 Å². The minimum atomic E-state index is -0.578. The molecule has 0 spiro atoms. The van der Waals surface area contributed by atoms with Crippen molar-refractivity contribution < 1.29 is 9.59 Å². The summed E-state index contributed by atoms with van der Waals surface area (Å²) in [5, 5.41) is 5.81. The molecule has 3 rings (SSSR count). The Labute approximate surface area is 153 Å². The van der Waals surface area contributed by atoms with Crippen LogP contribution in [-0.4, -0.2) is 24.4 Å². The summed E-state index contributed by atoms with van der Waals surface area (Å²) in [6.45, 7) is 8.34. The number of nitrogens with one attached hydrogen (secondary N) is 2. The Morgan fingerprint density at radius 3 is 2.62 bits per heavy atom. The molecule has 5 nitrogen and oxygen atoms in total. The van der Waals surface area contributed by atoms with Gasteiger partial charge in [0, 0.05) is 12.2 Å². The third kappa shape index (κ3) is 3.77. The van der Waals surface area contributed by atoms with Crippen LogP contribution >= 0.6 is 0 Å². The topological polar surface area (TPSA) is 61.4 Å². The number of nitrogens with zero attached hydrogens (tertiary/aromatic N) is 1. The SMILES string of the molecule is C=C(C)CN1c2ccccc2NC(=O)C1CC(=O)Nc1ccccc1C. The number of anilines is 3. The van der Waals surface area contributed by atoms with Gasteiger partial charge in [-0.2, -0.15) is 0 Å². The summed E-state index contributed by atoms with van der Waals surface area (Å²) in [6.07, 6.45) is 0.0712. The number of hydrogen-bond donors (Lipinski definition) is 2. The summed E-state index contributed by atoms with van der Waals surface area (Å²) >= 11 is 0. The zero-order chi connectivity index (χ0) is 18.7. The molecule has 1 unspecified atom stereocenters. The van der Waals surface area contributed by atoms with Gasteiger partial charge in [0.25, 0.3) is 0 Å². The molecule has 2 N–H and O–H groups in total. The molecule has 0 aromatic heterocycles. The Morgan fingerprint density at radius 1 is 1.19 bits per heavy atom. The van der Waals surface area contributed by atoms with Crippen LogP contribution in [0, 0.1) is 6.92 Å². The van der Waals surface area contributed by atoms with E-state index < -0.39 is 6.04 Å². The second-order valence-electron chi connectivity index (χ2n) is 6.67. The Hall–Kier alpha value is -3.08. The van der Waals surface area contributed by atoms with Crippen molar-refractivity contribution in [3.05, 3.63) is 66.2 Å². The summed E-state index contributed by atoms with van der Waals surface area (Å²) in [6, 6.07) is 14.6. The van der Waals surface area contributed by atoms with Gasteiger partial charge in [-0.05, 0) is 37.6 Å². The van der Waals surface area contributed by atoms with E-state index in [2.05, 4.69) is 17.2 Å². The molecule has 0 aliphatic carbocycles. The van der Waals surface area contributed by atoms with Crippen molar-refractivity contribution in [2.45, 2.75) is 26.3 Å². The van der Waals surface area contributed by atoms with Gasteiger partial charge in [-0.15, -0.1) is 0 Å². The van der Waals surface area contributed by atoms with Gasteiger partial charge in [-0.1, -0.05) is 42.5 Å². The highest BCUT2D eigenvalue weighted by Crippen LogP contribution is 2.33. The maximum atomic E-state index is 12.6. The Kier molecular flexibility index (Phi) is 5.07. The second-order valence-corrected chi connectivity index (χ2v) is 6.67. The van der Waals surface area contributed by atoms with Gasteiger partial charge >= 0.3 is 0 Å². The number of hydrogen-bond acceptors (Lipinski definition) is 3. The molecule has 5 heteroatoms. The number of aryl methyl sites for hydroxylation is 1. The number of carbonyl (C=O) groups excluding carboxylic acids is 2. The monoisotopic (exact) mass is 349 g/mol. The first-order chi connectivity index (χ1) is 12.5. The van der Waals surface area contributed by atoms with E-state index >= 15 is 0 Å². The molecule has 2 aromatic carbocycles. The summed E-state index contributed by atoms with van der Waals surface area (Å²) in [5.74, 6) is -0.365. The number of rotatable bonds is 5. The Bertz CT molecular complexity index is 860.